The average molecular weight is 405 g/mol. The normalized spacial score (nSPS) is 12.1. The van der Waals surface area contributed by atoms with Crippen molar-refractivity contribution in [1.82, 2.24) is 5.27 Å². The topological polar surface area (TPSA) is 82.1 Å². The quantitative estimate of drug-likeness (QED) is 0.405. The van der Waals surface area contributed by atoms with Gasteiger partial charge in [0.15, 0.2) is 5.95 Å². The zero-order valence-corrected chi connectivity index (χ0v) is 16.8. The molecule has 0 saturated carbocycles. The van der Waals surface area contributed by atoms with Gasteiger partial charge in [0, 0.05) is 17.8 Å². The van der Waals surface area contributed by atoms with Crippen molar-refractivity contribution in [2.24, 2.45) is 0 Å². The van der Waals surface area contributed by atoms with E-state index in [1.54, 1.807) is 6.92 Å². The smallest absolute Gasteiger partial charge is 0.298 e. The van der Waals surface area contributed by atoms with Gasteiger partial charge in [0.05, 0.1) is 10.5 Å². The van der Waals surface area contributed by atoms with Crippen molar-refractivity contribution in [3.8, 4) is 11.6 Å². The summed E-state index contributed by atoms with van der Waals surface area (Å²) in [6.07, 6.45) is 0. The molecule has 0 saturated heterocycles. The Bertz CT molecular complexity index is 1170. The van der Waals surface area contributed by atoms with Crippen molar-refractivity contribution in [2.75, 3.05) is 5.32 Å². The molecule has 7 heteroatoms. The van der Waals surface area contributed by atoms with Gasteiger partial charge in [-0.15, -0.1) is 0 Å². The van der Waals surface area contributed by atoms with E-state index in [4.69, 9.17) is 4.52 Å². The number of amides is 1. The van der Waals surface area contributed by atoms with Crippen LogP contribution in [0, 0.1) is 6.92 Å². The first-order valence-corrected chi connectivity index (χ1v) is 10.0. The maximum absolute atomic E-state index is 12.7. The Morgan fingerprint density at radius 1 is 1.10 bits per heavy atom. The molecule has 1 aromatic heterocycles. The summed E-state index contributed by atoms with van der Waals surface area (Å²) in [6.45, 7) is 3.72. The highest BCUT2D eigenvalue weighted by molar-refractivity contribution is 8.00. The molecule has 4 aromatic rings. The molecule has 3 aromatic carbocycles. The maximum Gasteiger partial charge on any atom is 0.298 e. The zero-order valence-electron chi connectivity index (χ0n) is 16.0. The van der Waals surface area contributed by atoms with E-state index in [1.165, 1.54) is 4.68 Å². The van der Waals surface area contributed by atoms with Crippen molar-refractivity contribution in [3.63, 3.8) is 0 Å². The van der Waals surface area contributed by atoms with Gasteiger partial charge >= 0.3 is 0 Å². The number of aromatic nitrogens is 2. The lowest BCUT2D eigenvalue weighted by molar-refractivity contribution is -0.705. The minimum Gasteiger partial charge on any atom is -0.538 e. The number of fused-ring (bicyclic) bond motifs is 1. The van der Waals surface area contributed by atoms with Crippen LogP contribution in [0.15, 0.2) is 76.3 Å². The van der Waals surface area contributed by atoms with Gasteiger partial charge in [0.2, 0.25) is 11.6 Å². The van der Waals surface area contributed by atoms with E-state index < -0.39 is 11.2 Å². The molecule has 6 nitrogen and oxygen atoms in total. The van der Waals surface area contributed by atoms with Gasteiger partial charge in [-0.25, -0.2) is 0 Å². The van der Waals surface area contributed by atoms with Crippen molar-refractivity contribution < 1.29 is 19.1 Å². The van der Waals surface area contributed by atoms with Gasteiger partial charge in [-0.05, 0) is 53.2 Å². The van der Waals surface area contributed by atoms with Crippen LogP contribution in [-0.4, -0.2) is 16.4 Å². The monoisotopic (exact) mass is 405 g/mol. The summed E-state index contributed by atoms with van der Waals surface area (Å²) in [7, 11) is 0. The van der Waals surface area contributed by atoms with Crippen LogP contribution in [0.25, 0.3) is 16.5 Å². The second-order valence-electron chi connectivity index (χ2n) is 6.72. The number of carbonyl (C=O) groups excluding carboxylic acids is 1. The molecule has 0 aliphatic carbocycles. The summed E-state index contributed by atoms with van der Waals surface area (Å²) >= 11 is 1.12. The highest BCUT2D eigenvalue weighted by Crippen LogP contribution is 2.28. The standard InChI is InChI=1S/C22H19N3O3S/c1-14-7-11-19(12-8-14)25-21(22(27)28-24-25)29-15(2)20(26)23-18-10-9-16-5-3-4-6-17(16)13-18/h3-13,15H,1-2H3,(H-,23,24,26,27). The van der Waals surface area contributed by atoms with E-state index >= 15 is 0 Å². The Hall–Kier alpha value is -3.32. The summed E-state index contributed by atoms with van der Waals surface area (Å²) in [4.78, 5) is 12.7. The van der Waals surface area contributed by atoms with Crippen LogP contribution < -0.4 is 15.1 Å². The molecule has 0 radical (unpaired) electrons. The lowest BCUT2D eigenvalue weighted by atomic mass is 10.1. The molecule has 0 spiro atoms. The molecule has 1 atom stereocenters. The lowest BCUT2D eigenvalue weighted by Gasteiger charge is -2.11. The Balaban J connectivity index is 1.51. The van der Waals surface area contributed by atoms with Crippen molar-refractivity contribution in [1.29, 1.82) is 0 Å². The fraction of sp³-hybridized carbons (Fsp3) is 0.136. The molecule has 1 unspecified atom stereocenters. The maximum atomic E-state index is 12.7. The molecule has 1 heterocycles. The molecular formula is C22H19N3O3S. The minimum atomic E-state index is -0.569. The van der Waals surface area contributed by atoms with Gasteiger partial charge in [-0.3, -0.25) is 4.79 Å². The molecule has 146 valence electrons. The number of thioether (sulfide) groups is 1. The summed E-state index contributed by atoms with van der Waals surface area (Å²) in [6, 6.07) is 21.2. The largest absolute Gasteiger partial charge is 0.538 e. The number of nitrogens with one attached hydrogen (secondary N) is 1. The lowest BCUT2D eigenvalue weighted by Crippen LogP contribution is -2.36. The summed E-state index contributed by atoms with van der Waals surface area (Å²) < 4.78 is 6.26. The van der Waals surface area contributed by atoms with Gasteiger partial charge in [0.25, 0.3) is 5.03 Å². The first-order valence-electron chi connectivity index (χ1n) is 9.13. The van der Waals surface area contributed by atoms with Crippen molar-refractivity contribution >= 4 is 34.1 Å². The molecule has 0 aliphatic heterocycles. The van der Waals surface area contributed by atoms with Gasteiger partial charge in [0.1, 0.15) is 0 Å². The Morgan fingerprint density at radius 3 is 2.59 bits per heavy atom. The number of anilines is 1. The molecule has 0 aliphatic rings. The van der Waals surface area contributed by atoms with Crippen LogP contribution in [-0.2, 0) is 4.79 Å². The number of benzene rings is 3. The third kappa shape index (κ3) is 4.09. The summed E-state index contributed by atoms with van der Waals surface area (Å²) in [5.41, 5.74) is 2.50. The molecular weight excluding hydrogens is 386 g/mol. The highest BCUT2D eigenvalue weighted by atomic mass is 32.2. The van der Waals surface area contributed by atoms with E-state index in [2.05, 4.69) is 10.6 Å². The fourth-order valence-electron chi connectivity index (χ4n) is 2.92. The number of carbonyl (C=O) groups is 1. The van der Waals surface area contributed by atoms with Crippen LogP contribution in [0.4, 0.5) is 5.69 Å². The van der Waals surface area contributed by atoms with Crippen molar-refractivity contribution in [3.05, 3.63) is 72.3 Å². The summed E-state index contributed by atoms with van der Waals surface area (Å²) in [5, 5.41) is 20.8. The van der Waals surface area contributed by atoms with Gasteiger partial charge in [-0.1, -0.05) is 48.0 Å². The predicted molar refractivity (Wildman–Crippen MR) is 110 cm³/mol. The highest BCUT2D eigenvalue weighted by Gasteiger charge is 2.26. The molecule has 0 fully saturated rings. The SMILES string of the molecule is Cc1ccc(-[n+]2noc([O-])c2SC(C)C(=O)Nc2ccc3ccccc3c2)cc1. The predicted octanol–water partition coefficient (Wildman–Crippen LogP) is 3.61. The molecule has 1 N–H and O–H groups in total. The minimum absolute atomic E-state index is 0.207. The van der Waals surface area contributed by atoms with Crippen LogP contribution in [0.3, 0.4) is 0 Å². The molecule has 1 amide bonds. The van der Waals surface area contributed by atoms with Crippen LogP contribution in [0.5, 0.6) is 5.95 Å². The van der Waals surface area contributed by atoms with E-state index in [0.29, 0.717) is 11.4 Å². The summed E-state index contributed by atoms with van der Waals surface area (Å²) in [5.74, 6) is -0.776. The molecule has 29 heavy (non-hydrogen) atoms. The average Bonchev–Trinajstić information content (AvgIpc) is 3.08. The third-order valence-electron chi connectivity index (χ3n) is 4.53. The zero-order chi connectivity index (χ0) is 20.4. The Morgan fingerprint density at radius 2 is 1.83 bits per heavy atom. The Kier molecular flexibility index (Phi) is 5.22. The van der Waals surface area contributed by atoms with Gasteiger partial charge in [-0.2, -0.15) is 0 Å². The second kappa shape index (κ2) is 7.97. The Labute approximate surface area is 172 Å². The fourth-order valence-corrected chi connectivity index (χ4v) is 3.79. The van der Waals surface area contributed by atoms with Crippen LogP contribution >= 0.6 is 11.8 Å². The first-order chi connectivity index (χ1) is 14.0. The van der Waals surface area contributed by atoms with Crippen molar-refractivity contribution in [2.45, 2.75) is 24.1 Å². The number of hydrogen-bond acceptors (Lipinski definition) is 5. The molecule has 0 bridgehead atoms. The van der Waals surface area contributed by atoms with E-state index in [-0.39, 0.29) is 10.9 Å². The van der Waals surface area contributed by atoms with E-state index in [9.17, 15) is 9.90 Å². The second-order valence-corrected chi connectivity index (χ2v) is 8.05. The van der Waals surface area contributed by atoms with Crippen LogP contribution in [0.2, 0.25) is 0 Å². The van der Waals surface area contributed by atoms with Gasteiger partial charge < -0.3 is 14.9 Å². The van der Waals surface area contributed by atoms with Crippen LogP contribution in [0.1, 0.15) is 12.5 Å². The van der Waals surface area contributed by atoms with E-state index in [0.717, 1.165) is 28.1 Å². The number of aryl methyl sites for hydroxylation is 1. The number of rotatable bonds is 5. The number of nitrogens with zero attached hydrogens (tertiary/aromatic N) is 2. The van der Waals surface area contributed by atoms with E-state index in [1.807, 2.05) is 73.7 Å². The first kappa shape index (κ1) is 19.0. The number of hydrogen-bond donors (Lipinski definition) is 1. The third-order valence-corrected chi connectivity index (χ3v) is 5.66. The molecule has 4 rings (SSSR count).